The van der Waals surface area contributed by atoms with Crippen molar-refractivity contribution >= 4 is 17.0 Å². The lowest BCUT2D eigenvalue weighted by molar-refractivity contribution is 1.02. The average Bonchev–Trinajstić information content (AvgIpc) is 3.07. The van der Waals surface area contributed by atoms with Crippen molar-refractivity contribution in [1.82, 2.24) is 9.55 Å². The van der Waals surface area contributed by atoms with Crippen LogP contribution in [0.2, 0.25) is 0 Å². The first kappa shape index (κ1) is 15.1. The Kier molecular flexibility index (Phi) is 4.01. The summed E-state index contributed by atoms with van der Waals surface area (Å²) in [6, 6.07) is 28.1. The van der Waals surface area contributed by atoms with Gasteiger partial charge in [0.15, 0.2) is 0 Å². The van der Waals surface area contributed by atoms with Crippen LogP contribution in [0.4, 0.5) is 0 Å². The van der Waals surface area contributed by atoms with E-state index in [4.69, 9.17) is 10.7 Å². The van der Waals surface area contributed by atoms with Crippen molar-refractivity contribution in [2.24, 2.45) is 10.7 Å². The average molecular weight is 326 g/mol. The number of imidazole rings is 1. The van der Waals surface area contributed by atoms with Gasteiger partial charge in [0, 0.05) is 5.56 Å². The van der Waals surface area contributed by atoms with Crippen molar-refractivity contribution in [3.8, 4) is 11.4 Å². The van der Waals surface area contributed by atoms with Crippen LogP contribution >= 0.6 is 0 Å². The summed E-state index contributed by atoms with van der Waals surface area (Å²) in [6.45, 7) is 0.535. The van der Waals surface area contributed by atoms with Gasteiger partial charge in [0.25, 0.3) is 0 Å². The van der Waals surface area contributed by atoms with Gasteiger partial charge in [-0.05, 0) is 17.7 Å². The van der Waals surface area contributed by atoms with Crippen LogP contribution in [0.3, 0.4) is 0 Å². The third kappa shape index (κ3) is 3.02. The summed E-state index contributed by atoms with van der Waals surface area (Å²) in [6.07, 6.45) is 0. The Morgan fingerprint density at radius 3 is 2.24 bits per heavy atom. The fourth-order valence-electron chi connectivity index (χ4n) is 2.87. The lowest BCUT2D eigenvalue weighted by atomic mass is 10.2. The van der Waals surface area contributed by atoms with Crippen LogP contribution in [-0.2, 0) is 6.54 Å². The van der Waals surface area contributed by atoms with E-state index in [-0.39, 0.29) is 0 Å². The fourth-order valence-corrected chi connectivity index (χ4v) is 2.87. The maximum atomic E-state index is 6.36. The molecule has 0 spiro atoms. The van der Waals surface area contributed by atoms with E-state index in [1.807, 2.05) is 89.5 Å². The van der Waals surface area contributed by atoms with E-state index in [9.17, 15) is 0 Å². The molecule has 4 aromatic rings. The summed E-state index contributed by atoms with van der Waals surface area (Å²) in [5.41, 5.74) is 10.4. The third-order valence-corrected chi connectivity index (χ3v) is 4.09. The van der Waals surface area contributed by atoms with Crippen molar-refractivity contribution in [2.45, 2.75) is 6.54 Å². The van der Waals surface area contributed by atoms with Crippen LogP contribution in [0.15, 0.2) is 89.9 Å². The number of hydrogen-bond acceptors (Lipinski definition) is 2. The molecule has 0 aliphatic heterocycles. The number of aliphatic imine (C=N–C) groups is 1. The van der Waals surface area contributed by atoms with Gasteiger partial charge in [0.05, 0.1) is 17.6 Å². The summed E-state index contributed by atoms with van der Waals surface area (Å²) in [7, 11) is 0. The van der Waals surface area contributed by atoms with Gasteiger partial charge in [-0.1, -0.05) is 72.8 Å². The number of para-hydroxylation sites is 2. The van der Waals surface area contributed by atoms with E-state index in [0.717, 1.165) is 28.0 Å². The first-order valence-corrected chi connectivity index (χ1v) is 8.20. The number of benzene rings is 3. The number of fused-ring (bicyclic) bond motifs is 1. The molecule has 0 amide bonds. The van der Waals surface area contributed by atoms with Crippen LogP contribution in [0.1, 0.15) is 5.56 Å². The number of nitrogens with two attached hydrogens (primary N) is 1. The van der Waals surface area contributed by atoms with Crippen LogP contribution in [0.5, 0.6) is 0 Å². The van der Waals surface area contributed by atoms with Crippen LogP contribution in [0.25, 0.3) is 22.4 Å². The zero-order chi connectivity index (χ0) is 17.1. The quantitative estimate of drug-likeness (QED) is 0.456. The standard InChI is InChI=1S/C21H18N4/c22-21(23-15-16-9-3-1-4-10-16)25-19-14-8-7-13-18(19)24-20(25)17-11-5-2-6-12-17/h1-14H,15H2,(H2,22,23). The Morgan fingerprint density at radius 2 is 1.48 bits per heavy atom. The molecule has 1 aromatic heterocycles. The van der Waals surface area contributed by atoms with Crippen LogP contribution in [-0.4, -0.2) is 15.5 Å². The molecule has 2 N–H and O–H groups in total. The molecular formula is C21H18N4. The van der Waals surface area contributed by atoms with Gasteiger partial charge in [-0.3, -0.25) is 4.57 Å². The third-order valence-electron chi connectivity index (χ3n) is 4.09. The van der Waals surface area contributed by atoms with E-state index in [1.54, 1.807) is 0 Å². The summed E-state index contributed by atoms with van der Waals surface area (Å²) >= 11 is 0. The predicted octanol–water partition coefficient (Wildman–Crippen LogP) is 4.07. The molecular weight excluding hydrogens is 308 g/mol. The fraction of sp³-hybridized carbons (Fsp3) is 0.0476. The highest BCUT2D eigenvalue weighted by Gasteiger charge is 2.14. The summed E-state index contributed by atoms with van der Waals surface area (Å²) in [5, 5.41) is 0. The van der Waals surface area contributed by atoms with Crippen molar-refractivity contribution in [2.75, 3.05) is 0 Å². The van der Waals surface area contributed by atoms with Crippen LogP contribution < -0.4 is 5.73 Å². The Hall–Kier alpha value is -3.40. The number of aromatic nitrogens is 2. The van der Waals surface area contributed by atoms with Gasteiger partial charge in [-0.25, -0.2) is 9.98 Å². The first-order valence-electron chi connectivity index (χ1n) is 8.20. The van der Waals surface area contributed by atoms with Gasteiger partial charge >= 0.3 is 0 Å². The largest absolute Gasteiger partial charge is 0.369 e. The second-order valence-electron chi connectivity index (χ2n) is 5.79. The van der Waals surface area contributed by atoms with E-state index in [0.29, 0.717) is 12.5 Å². The highest BCUT2D eigenvalue weighted by atomic mass is 15.2. The lowest BCUT2D eigenvalue weighted by Gasteiger charge is -2.09. The van der Waals surface area contributed by atoms with E-state index in [2.05, 4.69) is 4.99 Å². The Bertz CT molecular complexity index is 1020. The number of rotatable bonds is 3. The van der Waals surface area contributed by atoms with Crippen molar-refractivity contribution in [3.63, 3.8) is 0 Å². The van der Waals surface area contributed by atoms with Gasteiger partial charge in [-0.15, -0.1) is 0 Å². The van der Waals surface area contributed by atoms with Crippen LogP contribution in [0, 0.1) is 0 Å². The molecule has 122 valence electrons. The lowest BCUT2D eigenvalue weighted by Crippen LogP contribution is -2.23. The summed E-state index contributed by atoms with van der Waals surface area (Å²) in [4.78, 5) is 9.35. The molecule has 0 atom stereocenters. The smallest absolute Gasteiger partial charge is 0.202 e. The molecule has 4 rings (SSSR count). The Labute approximate surface area is 146 Å². The molecule has 4 heteroatoms. The molecule has 0 unspecified atom stereocenters. The van der Waals surface area contributed by atoms with Gasteiger partial charge in [0.2, 0.25) is 5.96 Å². The normalized spacial score (nSPS) is 11.8. The topological polar surface area (TPSA) is 56.2 Å². The molecule has 25 heavy (non-hydrogen) atoms. The maximum Gasteiger partial charge on any atom is 0.202 e. The van der Waals surface area contributed by atoms with Crippen molar-refractivity contribution in [3.05, 3.63) is 90.5 Å². The maximum absolute atomic E-state index is 6.36. The molecule has 3 aromatic carbocycles. The molecule has 0 saturated heterocycles. The zero-order valence-corrected chi connectivity index (χ0v) is 13.7. The van der Waals surface area contributed by atoms with E-state index >= 15 is 0 Å². The minimum absolute atomic E-state index is 0.441. The molecule has 0 bridgehead atoms. The number of nitrogens with zero attached hydrogens (tertiary/aromatic N) is 3. The van der Waals surface area contributed by atoms with Gasteiger partial charge in [-0.2, -0.15) is 0 Å². The Balaban J connectivity index is 1.82. The minimum atomic E-state index is 0.441. The number of hydrogen-bond donors (Lipinski definition) is 1. The zero-order valence-electron chi connectivity index (χ0n) is 13.7. The highest BCUT2D eigenvalue weighted by Crippen LogP contribution is 2.24. The second-order valence-corrected chi connectivity index (χ2v) is 5.79. The Morgan fingerprint density at radius 1 is 0.840 bits per heavy atom. The second kappa shape index (κ2) is 6.61. The molecule has 0 aliphatic carbocycles. The molecule has 1 heterocycles. The van der Waals surface area contributed by atoms with Gasteiger partial charge < -0.3 is 5.73 Å². The molecule has 0 radical (unpaired) electrons. The molecule has 0 fully saturated rings. The van der Waals surface area contributed by atoms with Crippen molar-refractivity contribution < 1.29 is 0 Å². The predicted molar refractivity (Wildman–Crippen MR) is 102 cm³/mol. The summed E-state index contributed by atoms with van der Waals surface area (Å²) in [5.74, 6) is 1.24. The van der Waals surface area contributed by atoms with Crippen molar-refractivity contribution in [1.29, 1.82) is 0 Å². The SMILES string of the molecule is NC(=NCc1ccccc1)n1c(-c2ccccc2)nc2ccccc21. The van der Waals surface area contributed by atoms with E-state index < -0.39 is 0 Å². The highest BCUT2D eigenvalue weighted by molar-refractivity contribution is 5.95. The molecule has 0 aliphatic rings. The van der Waals surface area contributed by atoms with Gasteiger partial charge in [0.1, 0.15) is 5.82 Å². The molecule has 0 saturated carbocycles. The molecule has 4 nitrogen and oxygen atoms in total. The first-order chi connectivity index (χ1) is 12.3. The minimum Gasteiger partial charge on any atom is -0.369 e. The van der Waals surface area contributed by atoms with E-state index in [1.165, 1.54) is 0 Å². The monoisotopic (exact) mass is 326 g/mol. The summed E-state index contributed by atoms with van der Waals surface area (Å²) < 4.78 is 1.92.